The lowest BCUT2D eigenvalue weighted by Gasteiger charge is -2.29. The van der Waals surface area contributed by atoms with Gasteiger partial charge in [-0.2, -0.15) is 0 Å². The first-order valence-electron chi connectivity index (χ1n) is 5.77. The molecule has 1 aromatic carbocycles. The van der Waals surface area contributed by atoms with E-state index in [1.54, 1.807) is 32.0 Å². The fourth-order valence-corrected chi connectivity index (χ4v) is 2.16. The molecule has 0 aliphatic carbocycles. The molecular formula is C14H15Cl2NO2. The molecule has 0 saturated carbocycles. The summed E-state index contributed by atoms with van der Waals surface area (Å²) in [6.45, 7) is 3.88. The number of benzene rings is 1. The van der Waals surface area contributed by atoms with Crippen LogP contribution in [0.15, 0.2) is 18.2 Å². The third kappa shape index (κ3) is 3.42. The standard InChI is InChI=1S/C14H15Cl2NO2/c1-4-9-17-14(3,13(18)19-5-2)10-7-6-8-11(15)12(10)16/h1,6-8,17H,5,9H2,2-3H3. The second-order valence-electron chi connectivity index (χ2n) is 4.00. The maximum absolute atomic E-state index is 12.2. The molecular weight excluding hydrogens is 285 g/mol. The summed E-state index contributed by atoms with van der Waals surface area (Å²) in [6, 6.07) is 5.09. The van der Waals surface area contributed by atoms with Crippen LogP contribution in [-0.4, -0.2) is 19.1 Å². The number of ether oxygens (including phenoxy) is 1. The molecule has 0 fully saturated rings. The van der Waals surface area contributed by atoms with Crippen molar-refractivity contribution in [1.29, 1.82) is 0 Å². The van der Waals surface area contributed by atoms with Crippen molar-refractivity contribution >= 4 is 29.2 Å². The Balaban J connectivity index is 3.27. The van der Waals surface area contributed by atoms with Crippen LogP contribution in [-0.2, 0) is 15.1 Å². The molecule has 0 bridgehead atoms. The van der Waals surface area contributed by atoms with Gasteiger partial charge in [0.15, 0.2) is 0 Å². The smallest absolute Gasteiger partial charge is 0.330 e. The first-order valence-corrected chi connectivity index (χ1v) is 6.53. The van der Waals surface area contributed by atoms with Gasteiger partial charge in [0.05, 0.1) is 23.2 Å². The van der Waals surface area contributed by atoms with Crippen molar-refractivity contribution in [2.24, 2.45) is 0 Å². The molecule has 19 heavy (non-hydrogen) atoms. The van der Waals surface area contributed by atoms with Crippen LogP contribution < -0.4 is 5.32 Å². The van der Waals surface area contributed by atoms with Gasteiger partial charge < -0.3 is 4.74 Å². The Hall–Kier alpha value is -1.21. The number of rotatable bonds is 5. The fourth-order valence-electron chi connectivity index (χ4n) is 1.67. The monoisotopic (exact) mass is 299 g/mol. The highest BCUT2D eigenvalue weighted by atomic mass is 35.5. The Morgan fingerprint density at radius 2 is 2.21 bits per heavy atom. The molecule has 1 atom stereocenters. The van der Waals surface area contributed by atoms with Gasteiger partial charge in [0.1, 0.15) is 5.54 Å². The third-order valence-corrected chi connectivity index (χ3v) is 3.54. The maximum Gasteiger partial charge on any atom is 0.330 e. The molecule has 0 spiro atoms. The molecule has 3 nitrogen and oxygen atoms in total. The lowest BCUT2D eigenvalue weighted by Crippen LogP contribution is -2.48. The molecule has 1 unspecified atom stereocenters. The highest BCUT2D eigenvalue weighted by Crippen LogP contribution is 2.34. The number of hydrogen-bond donors (Lipinski definition) is 1. The number of carbonyl (C=O) groups excluding carboxylic acids is 1. The number of carbonyl (C=O) groups is 1. The minimum absolute atomic E-state index is 0.207. The van der Waals surface area contributed by atoms with E-state index in [0.717, 1.165) is 0 Å². The zero-order chi connectivity index (χ0) is 14.5. The summed E-state index contributed by atoms with van der Waals surface area (Å²) in [5, 5.41) is 3.64. The zero-order valence-corrected chi connectivity index (χ0v) is 12.3. The van der Waals surface area contributed by atoms with Crippen molar-refractivity contribution in [3.63, 3.8) is 0 Å². The van der Waals surface area contributed by atoms with Gasteiger partial charge in [-0.1, -0.05) is 41.3 Å². The molecule has 1 aromatic rings. The second kappa shape index (κ2) is 6.81. The molecule has 0 radical (unpaired) electrons. The lowest BCUT2D eigenvalue weighted by molar-refractivity contribution is -0.150. The number of hydrogen-bond acceptors (Lipinski definition) is 3. The van der Waals surface area contributed by atoms with Crippen molar-refractivity contribution in [1.82, 2.24) is 5.32 Å². The molecule has 1 N–H and O–H groups in total. The normalized spacial score (nSPS) is 13.4. The minimum atomic E-state index is -1.13. The Labute approximate surface area is 123 Å². The molecule has 0 aliphatic heterocycles. The lowest BCUT2D eigenvalue weighted by atomic mass is 9.91. The number of esters is 1. The summed E-state index contributed by atoms with van der Waals surface area (Å²) in [5.74, 6) is 1.98. The minimum Gasteiger partial charge on any atom is -0.464 e. The van der Waals surface area contributed by atoms with E-state index < -0.39 is 11.5 Å². The van der Waals surface area contributed by atoms with Crippen molar-refractivity contribution < 1.29 is 9.53 Å². The maximum atomic E-state index is 12.2. The van der Waals surface area contributed by atoms with Gasteiger partial charge in [0, 0.05) is 5.56 Å². The van der Waals surface area contributed by atoms with E-state index in [0.29, 0.717) is 15.6 Å². The highest BCUT2D eigenvalue weighted by Gasteiger charge is 2.38. The van der Waals surface area contributed by atoms with Gasteiger partial charge in [0.2, 0.25) is 0 Å². The second-order valence-corrected chi connectivity index (χ2v) is 4.79. The number of nitrogens with one attached hydrogen (secondary N) is 1. The van der Waals surface area contributed by atoms with Crippen molar-refractivity contribution in [2.45, 2.75) is 19.4 Å². The third-order valence-electron chi connectivity index (χ3n) is 2.72. The molecule has 0 aliphatic rings. The summed E-state index contributed by atoms with van der Waals surface area (Å²) >= 11 is 12.2. The Morgan fingerprint density at radius 3 is 2.79 bits per heavy atom. The zero-order valence-electron chi connectivity index (χ0n) is 10.8. The van der Waals surface area contributed by atoms with Gasteiger partial charge in [-0.25, -0.2) is 4.79 Å². The first-order chi connectivity index (χ1) is 8.97. The van der Waals surface area contributed by atoms with Crippen LogP contribution in [0.4, 0.5) is 0 Å². The number of terminal acetylenes is 1. The summed E-state index contributed by atoms with van der Waals surface area (Å²) < 4.78 is 5.08. The van der Waals surface area contributed by atoms with Crippen LogP contribution in [0.3, 0.4) is 0 Å². The van der Waals surface area contributed by atoms with Crippen LogP contribution in [0.25, 0.3) is 0 Å². The van der Waals surface area contributed by atoms with Gasteiger partial charge in [0.25, 0.3) is 0 Å². The van der Waals surface area contributed by atoms with Gasteiger partial charge in [-0.15, -0.1) is 6.42 Å². The largest absolute Gasteiger partial charge is 0.464 e. The fraction of sp³-hybridized carbons (Fsp3) is 0.357. The van der Waals surface area contributed by atoms with E-state index in [4.69, 9.17) is 34.4 Å². The summed E-state index contributed by atoms with van der Waals surface area (Å²) in [4.78, 5) is 12.2. The quantitative estimate of drug-likeness (QED) is 0.671. The van der Waals surface area contributed by atoms with E-state index in [1.807, 2.05) is 0 Å². The Kier molecular flexibility index (Phi) is 5.68. The van der Waals surface area contributed by atoms with E-state index in [2.05, 4.69) is 11.2 Å². The van der Waals surface area contributed by atoms with Crippen molar-refractivity contribution in [2.75, 3.05) is 13.2 Å². The van der Waals surface area contributed by atoms with Crippen molar-refractivity contribution in [3.05, 3.63) is 33.8 Å². The van der Waals surface area contributed by atoms with E-state index >= 15 is 0 Å². The SMILES string of the molecule is C#CCNC(C)(C(=O)OCC)c1cccc(Cl)c1Cl. The molecule has 0 heterocycles. The predicted molar refractivity (Wildman–Crippen MR) is 77.3 cm³/mol. The average Bonchev–Trinajstić information content (AvgIpc) is 2.39. The van der Waals surface area contributed by atoms with Gasteiger partial charge in [-0.3, -0.25) is 5.32 Å². The highest BCUT2D eigenvalue weighted by molar-refractivity contribution is 6.42. The molecule has 0 amide bonds. The van der Waals surface area contributed by atoms with Crippen LogP contribution in [0, 0.1) is 12.3 Å². The molecule has 102 valence electrons. The van der Waals surface area contributed by atoms with Gasteiger partial charge in [-0.05, 0) is 19.9 Å². The van der Waals surface area contributed by atoms with E-state index in [1.165, 1.54) is 0 Å². The van der Waals surface area contributed by atoms with E-state index in [9.17, 15) is 4.79 Å². The summed E-state index contributed by atoms with van der Waals surface area (Å²) in [6.07, 6.45) is 5.23. The Morgan fingerprint density at radius 1 is 1.53 bits per heavy atom. The van der Waals surface area contributed by atoms with Crippen molar-refractivity contribution in [3.8, 4) is 12.3 Å². The van der Waals surface area contributed by atoms with Crippen LogP contribution in [0.1, 0.15) is 19.4 Å². The summed E-state index contributed by atoms with van der Waals surface area (Å²) in [7, 11) is 0. The van der Waals surface area contributed by atoms with Crippen LogP contribution in [0.5, 0.6) is 0 Å². The predicted octanol–water partition coefficient (Wildman–Crippen LogP) is 2.99. The molecule has 1 rings (SSSR count). The molecule has 0 saturated heterocycles. The van der Waals surface area contributed by atoms with Crippen LogP contribution in [0.2, 0.25) is 10.0 Å². The Bertz CT molecular complexity index is 511. The van der Waals surface area contributed by atoms with E-state index in [-0.39, 0.29) is 13.2 Å². The summed E-state index contributed by atoms with van der Waals surface area (Å²) in [5.41, 5.74) is -0.597. The molecule has 5 heteroatoms. The molecule has 0 aromatic heterocycles. The average molecular weight is 300 g/mol. The van der Waals surface area contributed by atoms with Crippen LogP contribution >= 0.6 is 23.2 Å². The number of halogens is 2. The topological polar surface area (TPSA) is 38.3 Å². The first kappa shape index (κ1) is 15.8. The van der Waals surface area contributed by atoms with Gasteiger partial charge >= 0.3 is 5.97 Å².